The van der Waals surface area contributed by atoms with Crippen LogP contribution >= 0.6 is 11.3 Å². The summed E-state index contributed by atoms with van der Waals surface area (Å²) in [5.41, 5.74) is 4.85. The lowest BCUT2D eigenvalue weighted by Crippen LogP contribution is -2.27. The van der Waals surface area contributed by atoms with Crippen molar-refractivity contribution in [2.75, 3.05) is 18.4 Å². The number of aryl methyl sites for hydroxylation is 2. The molecule has 148 valence electrons. The highest BCUT2D eigenvalue weighted by Crippen LogP contribution is 2.43. The van der Waals surface area contributed by atoms with Crippen molar-refractivity contribution >= 4 is 40.6 Å². The number of fused-ring (bicyclic) bond motifs is 2. The van der Waals surface area contributed by atoms with Gasteiger partial charge in [0.05, 0.1) is 12.6 Å². The normalized spacial score (nSPS) is 23.1. The number of rotatable bonds is 3. The van der Waals surface area contributed by atoms with Crippen molar-refractivity contribution in [1.82, 2.24) is 4.90 Å². The third-order valence-corrected chi connectivity index (χ3v) is 7.30. The molecule has 1 aliphatic carbocycles. The number of carbonyl (C=O) groups is 2. The summed E-state index contributed by atoms with van der Waals surface area (Å²) in [6.45, 7) is 3.82. The summed E-state index contributed by atoms with van der Waals surface area (Å²) in [7, 11) is 0. The van der Waals surface area contributed by atoms with Crippen LogP contribution in [0, 0.1) is 18.8 Å². The van der Waals surface area contributed by atoms with Gasteiger partial charge >= 0.3 is 5.91 Å². The van der Waals surface area contributed by atoms with Crippen molar-refractivity contribution in [2.24, 2.45) is 11.8 Å². The zero-order valence-electron chi connectivity index (χ0n) is 16.4. The Hall–Kier alpha value is -2.73. The van der Waals surface area contributed by atoms with Crippen molar-refractivity contribution in [2.45, 2.75) is 26.2 Å². The maximum atomic E-state index is 12.7. The number of anilines is 1. The van der Waals surface area contributed by atoms with Crippen molar-refractivity contribution in [3.63, 3.8) is 0 Å². The maximum absolute atomic E-state index is 12.7. The Kier molecular flexibility index (Phi) is 4.59. The van der Waals surface area contributed by atoms with E-state index in [0.29, 0.717) is 18.3 Å². The van der Waals surface area contributed by atoms with Gasteiger partial charge in [-0.15, -0.1) is 11.3 Å². The average Bonchev–Trinajstić information content (AvgIpc) is 3.40. The lowest BCUT2D eigenvalue weighted by atomic mass is 9.99. The van der Waals surface area contributed by atoms with E-state index in [4.69, 9.17) is 0 Å². The number of likely N-dealkylation sites (tertiary alicyclic amines) is 1. The smallest absolute Gasteiger partial charge is 0.307 e. The Balaban J connectivity index is 1.23. The third-order valence-electron chi connectivity index (χ3n) is 6.20. The summed E-state index contributed by atoms with van der Waals surface area (Å²) in [4.78, 5) is 30.7. The quantitative estimate of drug-likeness (QED) is 0.795. The molecule has 0 radical (unpaired) electrons. The van der Waals surface area contributed by atoms with Crippen LogP contribution in [-0.2, 0) is 16.0 Å². The van der Waals surface area contributed by atoms with E-state index in [0.717, 1.165) is 42.9 Å². The number of hydrogen-bond donors (Lipinski definition) is 1. The van der Waals surface area contributed by atoms with Crippen LogP contribution in [0.25, 0.3) is 11.6 Å². The fourth-order valence-corrected chi connectivity index (χ4v) is 5.62. The Morgan fingerprint density at radius 1 is 1.34 bits per heavy atom. The molecule has 5 rings (SSSR count). The number of aromatic amines is 1. The highest BCUT2D eigenvalue weighted by Gasteiger charge is 2.38. The fraction of sp³-hybridized carbons (Fsp3) is 0.348. The van der Waals surface area contributed by atoms with Crippen molar-refractivity contribution < 1.29 is 14.6 Å². The lowest BCUT2D eigenvalue weighted by Gasteiger charge is -2.15. The van der Waals surface area contributed by atoms with Gasteiger partial charge in [-0.1, -0.05) is 6.08 Å². The van der Waals surface area contributed by atoms with Crippen LogP contribution in [0.3, 0.4) is 0 Å². The zero-order chi connectivity index (χ0) is 20.0. The first kappa shape index (κ1) is 18.3. The molecule has 1 saturated heterocycles. The number of carbonyl (C=O) groups excluding carboxylic acids is 2. The summed E-state index contributed by atoms with van der Waals surface area (Å²) >= 11 is 1.82. The molecule has 2 N–H and O–H groups in total. The summed E-state index contributed by atoms with van der Waals surface area (Å²) in [5.74, 6) is 1.90. The number of thiophene rings is 1. The molecule has 3 aliphatic rings. The molecule has 4 heterocycles. The Morgan fingerprint density at radius 3 is 3.03 bits per heavy atom. The number of nitrogens with zero attached hydrogens (tertiary/aromatic N) is 1. The molecule has 29 heavy (non-hydrogen) atoms. The van der Waals surface area contributed by atoms with E-state index >= 15 is 0 Å². The molecule has 0 spiro atoms. The van der Waals surface area contributed by atoms with Crippen LogP contribution in [0.15, 0.2) is 35.9 Å². The van der Waals surface area contributed by atoms with Crippen molar-refractivity contribution in [3.8, 4) is 0 Å². The second kappa shape index (κ2) is 7.26. The number of H-pyrrole nitrogens is 1. The van der Waals surface area contributed by atoms with Gasteiger partial charge in [-0.3, -0.25) is 4.79 Å². The molecule has 0 aromatic carbocycles. The minimum Gasteiger partial charge on any atom is -0.338 e. The van der Waals surface area contributed by atoms with Gasteiger partial charge in [0, 0.05) is 35.2 Å². The second-order valence-electron chi connectivity index (χ2n) is 8.21. The predicted molar refractivity (Wildman–Crippen MR) is 114 cm³/mol. The van der Waals surface area contributed by atoms with Gasteiger partial charge in [-0.05, 0) is 66.3 Å². The van der Waals surface area contributed by atoms with E-state index in [1.807, 2.05) is 34.6 Å². The van der Waals surface area contributed by atoms with E-state index in [9.17, 15) is 9.59 Å². The van der Waals surface area contributed by atoms with Crippen molar-refractivity contribution in [1.29, 1.82) is 0 Å². The number of aromatic nitrogens is 1. The zero-order valence-corrected chi connectivity index (χ0v) is 17.2. The highest BCUT2D eigenvalue weighted by atomic mass is 32.1. The molecule has 0 saturated carbocycles. The molecule has 2 atom stereocenters. The van der Waals surface area contributed by atoms with Crippen LogP contribution < -0.4 is 10.3 Å². The number of pyridine rings is 1. The fourth-order valence-electron chi connectivity index (χ4n) is 4.66. The first-order valence-electron chi connectivity index (χ1n) is 10.1. The minimum absolute atomic E-state index is 0.0400. The summed E-state index contributed by atoms with van der Waals surface area (Å²) in [5, 5.41) is 5.00. The Morgan fingerprint density at radius 2 is 2.24 bits per heavy atom. The van der Waals surface area contributed by atoms with Crippen LogP contribution in [0.2, 0.25) is 0 Å². The van der Waals surface area contributed by atoms with E-state index in [1.165, 1.54) is 16.0 Å². The molecular weight excluding hydrogens is 382 g/mol. The Bertz CT molecular complexity index is 1050. The van der Waals surface area contributed by atoms with Gasteiger partial charge in [0.1, 0.15) is 0 Å². The molecule has 2 aromatic rings. The van der Waals surface area contributed by atoms with E-state index < -0.39 is 0 Å². The first-order chi connectivity index (χ1) is 14.1. The van der Waals surface area contributed by atoms with Gasteiger partial charge in [0.25, 0.3) is 5.82 Å². The molecule has 2 aliphatic heterocycles. The summed E-state index contributed by atoms with van der Waals surface area (Å²) in [6, 6.07) is 4.22. The van der Waals surface area contributed by atoms with Gasteiger partial charge in [-0.2, -0.15) is 0 Å². The molecule has 1 fully saturated rings. The highest BCUT2D eigenvalue weighted by molar-refractivity contribution is 7.11. The SMILES string of the molecule is Cc1ccsc1C1=CC2CN(C(=O)/C=C/c3c[nH+]c4c(c3)CCC(=O)N4)CC2C1. The third kappa shape index (κ3) is 3.53. The van der Waals surface area contributed by atoms with E-state index in [1.54, 1.807) is 6.08 Å². The Labute approximate surface area is 174 Å². The molecule has 5 nitrogen and oxygen atoms in total. The van der Waals surface area contributed by atoms with Crippen LogP contribution in [0.1, 0.15) is 34.4 Å². The van der Waals surface area contributed by atoms with Crippen LogP contribution in [-0.4, -0.2) is 29.8 Å². The summed E-state index contributed by atoms with van der Waals surface area (Å²) < 4.78 is 0. The second-order valence-corrected chi connectivity index (χ2v) is 9.13. The van der Waals surface area contributed by atoms with Crippen molar-refractivity contribution in [3.05, 3.63) is 57.4 Å². The standard InChI is InChI=1S/C23H23N3O2S/c1-14-6-7-29-22(14)17-9-18-12-26(13-19(18)10-17)21(28)5-2-15-8-16-3-4-20(27)25-23(16)24-11-15/h2,5-9,11,18-19H,3-4,10,12-13H2,1H3,(H,24,25,27)/p+1/b5-2+. The largest absolute Gasteiger partial charge is 0.338 e. The van der Waals surface area contributed by atoms with E-state index in [2.05, 4.69) is 34.7 Å². The predicted octanol–water partition coefficient (Wildman–Crippen LogP) is 3.33. The topological polar surface area (TPSA) is 63.6 Å². The van der Waals surface area contributed by atoms with Gasteiger partial charge in [0.2, 0.25) is 5.91 Å². The molecular formula is C23H24N3O2S+. The van der Waals surface area contributed by atoms with E-state index in [-0.39, 0.29) is 11.8 Å². The molecule has 2 unspecified atom stereocenters. The van der Waals surface area contributed by atoms with Crippen LogP contribution in [0.4, 0.5) is 5.82 Å². The lowest BCUT2D eigenvalue weighted by molar-refractivity contribution is -0.361. The van der Waals surface area contributed by atoms with Gasteiger partial charge in [0.15, 0.2) is 0 Å². The number of amides is 2. The van der Waals surface area contributed by atoms with Crippen LogP contribution in [0.5, 0.6) is 0 Å². The molecule has 6 heteroatoms. The number of nitrogens with one attached hydrogen (secondary N) is 2. The monoisotopic (exact) mass is 406 g/mol. The number of allylic oxidation sites excluding steroid dienone is 1. The molecule has 2 amide bonds. The van der Waals surface area contributed by atoms with Gasteiger partial charge < -0.3 is 4.90 Å². The average molecular weight is 407 g/mol. The molecule has 0 bridgehead atoms. The number of hydrogen-bond acceptors (Lipinski definition) is 3. The summed E-state index contributed by atoms with van der Waals surface area (Å²) in [6.07, 6.45) is 10.1. The molecule has 2 aromatic heterocycles. The minimum atomic E-state index is 0.0400. The van der Waals surface area contributed by atoms with Gasteiger partial charge in [-0.25, -0.2) is 15.1 Å². The first-order valence-corrected chi connectivity index (χ1v) is 11.0. The maximum Gasteiger partial charge on any atom is 0.307 e.